The quantitative estimate of drug-likeness (QED) is 0.533. The Morgan fingerprint density at radius 2 is 2.00 bits per heavy atom. The van der Waals surface area contributed by atoms with Gasteiger partial charge in [-0.25, -0.2) is 0 Å². The molecule has 0 amide bonds. The molecule has 0 saturated heterocycles. The van der Waals surface area contributed by atoms with Gasteiger partial charge in [-0.3, -0.25) is 0 Å². The summed E-state index contributed by atoms with van der Waals surface area (Å²) < 4.78 is 3.33. The molecule has 0 atom stereocenters. The standard InChI is InChI=1S/C15H14N2OS/c1-10-15(12-5-3-4-6-14(12)19-10)13-9-11(16-18)7-8-17(13)2/h3-9,18H,1-2H3. The third kappa shape index (κ3) is 1.94. The summed E-state index contributed by atoms with van der Waals surface area (Å²) in [6.07, 6.45) is 1.91. The molecule has 2 heterocycles. The summed E-state index contributed by atoms with van der Waals surface area (Å²) in [6, 6.07) is 12.1. The van der Waals surface area contributed by atoms with Crippen molar-refractivity contribution in [3.05, 3.63) is 52.8 Å². The van der Waals surface area contributed by atoms with Crippen LogP contribution in [-0.4, -0.2) is 9.77 Å². The van der Waals surface area contributed by atoms with E-state index in [2.05, 4.69) is 40.9 Å². The summed E-state index contributed by atoms with van der Waals surface area (Å²) in [5.41, 5.74) is 2.28. The predicted molar refractivity (Wildman–Crippen MR) is 78.3 cm³/mol. The zero-order valence-corrected chi connectivity index (χ0v) is 11.6. The molecule has 3 aromatic rings. The zero-order chi connectivity index (χ0) is 13.4. The molecule has 1 N–H and O–H groups in total. The van der Waals surface area contributed by atoms with Crippen molar-refractivity contribution in [3.8, 4) is 11.3 Å². The number of fused-ring (bicyclic) bond motifs is 1. The van der Waals surface area contributed by atoms with Gasteiger partial charge in [0.15, 0.2) is 0 Å². The van der Waals surface area contributed by atoms with E-state index in [-0.39, 0.29) is 0 Å². The number of rotatable bonds is 1. The number of hydrogen-bond acceptors (Lipinski definition) is 3. The minimum absolute atomic E-state index is 0.572. The first-order chi connectivity index (χ1) is 9.20. The normalized spacial score (nSPS) is 12.2. The highest BCUT2D eigenvalue weighted by molar-refractivity contribution is 7.19. The molecule has 2 aromatic heterocycles. The molecule has 19 heavy (non-hydrogen) atoms. The lowest BCUT2D eigenvalue weighted by Crippen LogP contribution is -2.06. The van der Waals surface area contributed by atoms with Crippen molar-refractivity contribution >= 4 is 21.4 Å². The fourth-order valence-corrected chi connectivity index (χ4v) is 3.43. The second-order valence-electron chi connectivity index (χ2n) is 4.51. The van der Waals surface area contributed by atoms with Gasteiger partial charge in [-0.15, -0.1) is 11.3 Å². The van der Waals surface area contributed by atoms with Crippen molar-refractivity contribution < 1.29 is 5.21 Å². The number of nitrogens with zero attached hydrogens (tertiary/aromatic N) is 2. The van der Waals surface area contributed by atoms with Crippen molar-refractivity contribution in [2.75, 3.05) is 0 Å². The Hall–Kier alpha value is -2.07. The average Bonchev–Trinajstić information content (AvgIpc) is 2.75. The fourth-order valence-electron chi connectivity index (χ4n) is 2.36. The molecule has 0 saturated carbocycles. The van der Waals surface area contributed by atoms with E-state index < -0.39 is 0 Å². The summed E-state index contributed by atoms with van der Waals surface area (Å²) in [4.78, 5) is 1.27. The van der Waals surface area contributed by atoms with Crippen LogP contribution in [0.4, 0.5) is 0 Å². The Labute approximate surface area is 115 Å². The van der Waals surface area contributed by atoms with Crippen molar-refractivity contribution in [3.63, 3.8) is 0 Å². The van der Waals surface area contributed by atoms with E-state index >= 15 is 0 Å². The van der Waals surface area contributed by atoms with Crippen molar-refractivity contribution in [1.29, 1.82) is 0 Å². The zero-order valence-electron chi connectivity index (χ0n) is 10.8. The van der Waals surface area contributed by atoms with Crippen LogP contribution >= 0.6 is 11.3 Å². The molecule has 0 radical (unpaired) electrons. The molecule has 0 aliphatic carbocycles. The second kappa shape index (κ2) is 4.55. The van der Waals surface area contributed by atoms with Gasteiger partial charge in [0.25, 0.3) is 0 Å². The number of aryl methyl sites for hydroxylation is 2. The first-order valence-corrected chi connectivity index (χ1v) is 6.85. The molecule has 0 aliphatic heterocycles. The largest absolute Gasteiger partial charge is 0.410 e. The van der Waals surface area contributed by atoms with Gasteiger partial charge in [0.1, 0.15) is 5.36 Å². The van der Waals surface area contributed by atoms with Gasteiger partial charge >= 0.3 is 0 Å². The molecular formula is C15H14N2OS. The Morgan fingerprint density at radius 3 is 2.79 bits per heavy atom. The molecule has 0 unspecified atom stereocenters. The highest BCUT2D eigenvalue weighted by Gasteiger charge is 2.12. The van der Waals surface area contributed by atoms with Crippen LogP contribution in [0.3, 0.4) is 0 Å². The lowest BCUT2D eigenvalue weighted by Gasteiger charge is -2.09. The summed E-state index contributed by atoms with van der Waals surface area (Å²) in [7, 11) is 2.00. The summed E-state index contributed by atoms with van der Waals surface area (Å²) in [6.45, 7) is 2.13. The highest BCUT2D eigenvalue weighted by Crippen LogP contribution is 2.37. The number of benzene rings is 1. The summed E-state index contributed by atoms with van der Waals surface area (Å²) in [5.74, 6) is 0. The topological polar surface area (TPSA) is 37.5 Å². The molecular weight excluding hydrogens is 256 g/mol. The van der Waals surface area contributed by atoms with Gasteiger partial charge < -0.3 is 9.77 Å². The SMILES string of the molecule is Cc1sc2ccccc2c1-c1cc(=NO)ccn1C. The average molecular weight is 270 g/mol. The molecule has 3 rings (SSSR count). The second-order valence-corrected chi connectivity index (χ2v) is 5.77. The van der Waals surface area contributed by atoms with E-state index in [4.69, 9.17) is 5.21 Å². The minimum atomic E-state index is 0.572. The van der Waals surface area contributed by atoms with Crippen LogP contribution in [0.15, 0.2) is 47.8 Å². The maximum absolute atomic E-state index is 8.95. The van der Waals surface area contributed by atoms with E-state index in [0.717, 1.165) is 5.69 Å². The van der Waals surface area contributed by atoms with Gasteiger partial charge in [0, 0.05) is 33.8 Å². The Kier molecular flexibility index (Phi) is 2.87. The van der Waals surface area contributed by atoms with Gasteiger partial charge in [0.05, 0.1) is 5.69 Å². The molecule has 0 aliphatic rings. The van der Waals surface area contributed by atoms with E-state index in [0.29, 0.717) is 5.36 Å². The van der Waals surface area contributed by atoms with Crippen LogP contribution < -0.4 is 5.36 Å². The van der Waals surface area contributed by atoms with E-state index in [9.17, 15) is 0 Å². The molecule has 0 bridgehead atoms. The van der Waals surface area contributed by atoms with Crippen LogP contribution in [0.2, 0.25) is 0 Å². The maximum Gasteiger partial charge on any atom is 0.106 e. The van der Waals surface area contributed by atoms with Crippen molar-refractivity contribution in [2.45, 2.75) is 6.92 Å². The third-order valence-electron chi connectivity index (χ3n) is 3.28. The predicted octanol–water partition coefficient (Wildman–Crippen LogP) is 3.51. The summed E-state index contributed by atoms with van der Waals surface area (Å²) >= 11 is 1.79. The molecule has 0 spiro atoms. The molecule has 3 nitrogen and oxygen atoms in total. The van der Waals surface area contributed by atoms with Gasteiger partial charge in [-0.05, 0) is 25.1 Å². The highest BCUT2D eigenvalue weighted by atomic mass is 32.1. The Bertz CT molecular complexity index is 814. The Morgan fingerprint density at radius 1 is 1.21 bits per heavy atom. The first-order valence-electron chi connectivity index (χ1n) is 6.04. The lowest BCUT2D eigenvalue weighted by atomic mass is 10.1. The van der Waals surface area contributed by atoms with E-state index in [1.165, 1.54) is 20.5 Å². The van der Waals surface area contributed by atoms with Crippen LogP contribution in [0, 0.1) is 6.92 Å². The minimum Gasteiger partial charge on any atom is -0.410 e. The number of aromatic nitrogens is 1. The van der Waals surface area contributed by atoms with E-state index in [1.807, 2.05) is 19.3 Å². The van der Waals surface area contributed by atoms with Gasteiger partial charge in [-0.2, -0.15) is 0 Å². The maximum atomic E-state index is 8.95. The first kappa shape index (κ1) is 12.0. The van der Waals surface area contributed by atoms with Crippen LogP contribution in [0.25, 0.3) is 21.3 Å². The molecule has 4 heteroatoms. The Balaban J connectivity index is 2.39. The van der Waals surface area contributed by atoms with Crippen molar-refractivity contribution in [1.82, 2.24) is 4.57 Å². The number of pyridine rings is 1. The number of thiophene rings is 1. The number of hydrogen-bond donors (Lipinski definition) is 1. The van der Waals surface area contributed by atoms with Crippen LogP contribution in [0.5, 0.6) is 0 Å². The summed E-state index contributed by atoms with van der Waals surface area (Å²) in [5, 5.41) is 14.1. The van der Waals surface area contributed by atoms with Gasteiger partial charge in [0.2, 0.25) is 0 Å². The third-order valence-corrected chi connectivity index (χ3v) is 4.36. The fraction of sp³-hybridized carbons (Fsp3) is 0.133. The van der Waals surface area contributed by atoms with Crippen molar-refractivity contribution in [2.24, 2.45) is 12.2 Å². The lowest BCUT2D eigenvalue weighted by molar-refractivity contribution is 0.301. The van der Waals surface area contributed by atoms with E-state index in [1.54, 1.807) is 17.4 Å². The molecule has 0 fully saturated rings. The van der Waals surface area contributed by atoms with Crippen LogP contribution in [0.1, 0.15) is 4.88 Å². The van der Waals surface area contributed by atoms with Gasteiger partial charge in [-0.1, -0.05) is 23.4 Å². The molecule has 96 valence electrons. The van der Waals surface area contributed by atoms with Crippen LogP contribution in [-0.2, 0) is 7.05 Å². The monoisotopic (exact) mass is 270 g/mol. The smallest absolute Gasteiger partial charge is 0.106 e. The molecule has 1 aromatic carbocycles.